The lowest BCUT2D eigenvalue weighted by molar-refractivity contribution is 1.26. The third-order valence-corrected chi connectivity index (χ3v) is 4.85. The molecule has 2 aromatic carbocycles. The number of nitrogens with one attached hydrogen (secondary N) is 2. The minimum Gasteiger partial charge on any atom is -0.361 e. The summed E-state index contributed by atoms with van der Waals surface area (Å²) in [5.41, 5.74) is 6.65. The van der Waals surface area contributed by atoms with Gasteiger partial charge in [-0.2, -0.15) is 5.26 Å². The minimum atomic E-state index is 0.524. The summed E-state index contributed by atoms with van der Waals surface area (Å²) in [6.07, 6.45) is 10.3. The van der Waals surface area contributed by atoms with Crippen LogP contribution in [0.1, 0.15) is 22.3 Å². The summed E-state index contributed by atoms with van der Waals surface area (Å²) >= 11 is 0. The summed E-state index contributed by atoms with van der Waals surface area (Å²) in [5.74, 6) is 0. The summed E-state index contributed by atoms with van der Waals surface area (Å²) in [7, 11) is 0. The first-order valence-electron chi connectivity index (χ1n) is 9.18. The van der Waals surface area contributed by atoms with Gasteiger partial charge in [0.1, 0.15) is 6.07 Å². The van der Waals surface area contributed by atoms with Crippen LogP contribution in [0.5, 0.6) is 0 Å². The lowest BCUT2D eigenvalue weighted by Crippen LogP contribution is -1.99. The first-order chi connectivity index (χ1) is 13.8. The van der Waals surface area contributed by atoms with E-state index in [-0.39, 0.29) is 0 Å². The Morgan fingerprint density at radius 3 is 2.79 bits per heavy atom. The fourth-order valence-electron chi connectivity index (χ4n) is 3.32. The van der Waals surface area contributed by atoms with Gasteiger partial charge in [0.05, 0.1) is 11.3 Å². The number of anilines is 2. The van der Waals surface area contributed by atoms with Crippen LogP contribution in [0.15, 0.2) is 73.2 Å². The molecule has 0 aliphatic carbocycles. The average Bonchev–Trinajstić information content (AvgIpc) is 3.21. The number of benzene rings is 2. The lowest BCUT2D eigenvalue weighted by Gasteiger charge is -2.14. The highest BCUT2D eigenvalue weighted by Crippen LogP contribution is 2.30. The predicted octanol–water partition coefficient (Wildman–Crippen LogP) is 5.74. The van der Waals surface area contributed by atoms with E-state index in [1.54, 1.807) is 12.4 Å². The Bertz CT molecular complexity index is 1180. The van der Waals surface area contributed by atoms with E-state index >= 15 is 0 Å². The van der Waals surface area contributed by atoms with E-state index in [0.717, 1.165) is 34.4 Å². The summed E-state index contributed by atoms with van der Waals surface area (Å²) in [6, 6.07) is 18.7. The van der Waals surface area contributed by atoms with Gasteiger partial charge >= 0.3 is 0 Å². The molecule has 0 spiro atoms. The largest absolute Gasteiger partial charge is 0.361 e. The Morgan fingerprint density at radius 2 is 1.96 bits per heavy atom. The Labute approximate surface area is 164 Å². The molecule has 4 rings (SSSR count). The maximum absolute atomic E-state index is 9.57. The number of aromatic nitrogens is 2. The molecule has 2 N–H and O–H groups in total. The Kier molecular flexibility index (Phi) is 4.90. The van der Waals surface area contributed by atoms with Gasteiger partial charge in [-0.3, -0.25) is 4.98 Å². The lowest BCUT2D eigenvalue weighted by atomic mass is 10.1. The van der Waals surface area contributed by atoms with Crippen molar-refractivity contribution in [2.45, 2.75) is 13.3 Å². The van der Waals surface area contributed by atoms with Gasteiger partial charge < -0.3 is 10.3 Å². The third-order valence-electron chi connectivity index (χ3n) is 4.85. The van der Waals surface area contributed by atoms with E-state index in [4.69, 9.17) is 0 Å². The molecule has 0 amide bonds. The van der Waals surface area contributed by atoms with Crippen molar-refractivity contribution in [3.63, 3.8) is 0 Å². The van der Waals surface area contributed by atoms with E-state index in [1.165, 1.54) is 10.9 Å². The summed E-state index contributed by atoms with van der Waals surface area (Å²) in [4.78, 5) is 7.46. The second kappa shape index (κ2) is 7.81. The summed E-state index contributed by atoms with van der Waals surface area (Å²) in [6.45, 7) is 2.08. The molecular weight excluding hydrogens is 344 g/mol. The van der Waals surface area contributed by atoms with Crippen LogP contribution in [0.2, 0.25) is 0 Å². The zero-order chi connectivity index (χ0) is 19.3. The molecule has 0 aliphatic rings. The van der Waals surface area contributed by atoms with Crippen molar-refractivity contribution >= 4 is 28.4 Å². The van der Waals surface area contributed by atoms with Crippen LogP contribution in [-0.2, 0) is 6.42 Å². The number of hydrogen-bond donors (Lipinski definition) is 2. The Morgan fingerprint density at radius 1 is 1.11 bits per heavy atom. The van der Waals surface area contributed by atoms with E-state index in [0.29, 0.717) is 5.56 Å². The number of hydrogen-bond acceptors (Lipinski definition) is 3. The quantitative estimate of drug-likeness (QED) is 0.474. The molecule has 0 saturated carbocycles. The molecule has 28 heavy (non-hydrogen) atoms. The third kappa shape index (κ3) is 3.51. The standard InChI is InChI=1S/C24H20N4/c1-17-21-12-13-27-23(21)11-10-22(17)28-24-19(15-26-16-20(24)14-25)9-5-8-18-6-3-2-4-7-18/h2-7,9-13,15-16,27H,8H2,1H3,(H,26,28)/b9-5+. The van der Waals surface area contributed by atoms with E-state index in [9.17, 15) is 5.26 Å². The molecule has 4 nitrogen and oxygen atoms in total. The maximum atomic E-state index is 9.57. The molecule has 4 aromatic rings. The first-order valence-corrected chi connectivity index (χ1v) is 9.18. The molecule has 2 heterocycles. The molecule has 0 saturated heterocycles. The van der Waals surface area contributed by atoms with Crippen molar-refractivity contribution in [2.75, 3.05) is 5.32 Å². The van der Waals surface area contributed by atoms with Crippen LogP contribution in [0.25, 0.3) is 17.0 Å². The van der Waals surface area contributed by atoms with Crippen molar-refractivity contribution < 1.29 is 0 Å². The molecule has 0 fully saturated rings. The highest BCUT2D eigenvalue weighted by molar-refractivity contribution is 5.89. The summed E-state index contributed by atoms with van der Waals surface area (Å²) < 4.78 is 0. The second-order valence-electron chi connectivity index (χ2n) is 6.66. The van der Waals surface area contributed by atoms with Crippen LogP contribution in [-0.4, -0.2) is 9.97 Å². The number of aryl methyl sites for hydroxylation is 1. The number of fused-ring (bicyclic) bond motifs is 1. The van der Waals surface area contributed by atoms with Gasteiger partial charge in [-0.05, 0) is 42.7 Å². The van der Waals surface area contributed by atoms with Crippen LogP contribution in [0, 0.1) is 18.3 Å². The van der Waals surface area contributed by atoms with Crippen molar-refractivity contribution in [1.29, 1.82) is 5.26 Å². The molecule has 0 aliphatic heterocycles. The number of nitriles is 1. The predicted molar refractivity (Wildman–Crippen MR) is 114 cm³/mol. The van der Waals surface area contributed by atoms with Gasteiger partial charge in [-0.1, -0.05) is 42.5 Å². The van der Waals surface area contributed by atoms with Crippen LogP contribution in [0.3, 0.4) is 0 Å². The van der Waals surface area contributed by atoms with Crippen molar-refractivity contribution in [3.05, 3.63) is 95.5 Å². The zero-order valence-electron chi connectivity index (χ0n) is 15.6. The maximum Gasteiger partial charge on any atom is 0.103 e. The SMILES string of the molecule is Cc1c(Nc2c(C#N)cncc2/C=C/Cc2ccccc2)ccc2[nH]ccc12. The number of allylic oxidation sites excluding steroid dienone is 1. The molecule has 136 valence electrons. The monoisotopic (exact) mass is 364 g/mol. The van der Waals surface area contributed by atoms with E-state index in [1.807, 2.05) is 42.6 Å². The van der Waals surface area contributed by atoms with E-state index < -0.39 is 0 Å². The average molecular weight is 364 g/mol. The molecule has 0 bridgehead atoms. The van der Waals surface area contributed by atoms with Gasteiger partial charge in [0.15, 0.2) is 0 Å². The normalized spacial score (nSPS) is 11.0. The fraction of sp³-hybridized carbons (Fsp3) is 0.0833. The van der Waals surface area contributed by atoms with Crippen molar-refractivity contribution in [2.24, 2.45) is 0 Å². The molecular formula is C24H20N4. The van der Waals surface area contributed by atoms with Gasteiger partial charge in [-0.25, -0.2) is 0 Å². The topological polar surface area (TPSA) is 64.5 Å². The fourth-order valence-corrected chi connectivity index (χ4v) is 3.32. The minimum absolute atomic E-state index is 0.524. The van der Waals surface area contributed by atoms with Gasteiger partial charge in [0, 0.05) is 40.7 Å². The number of aromatic amines is 1. The second-order valence-corrected chi connectivity index (χ2v) is 6.66. The molecule has 2 aromatic heterocycles. The molecule has 0 unspecified atom stereocenters. The van der Waals surface area contributed by atoms with Crippen LogP contribution in [0.4, 0.5) is 11.4 Å². The number of H-pyrrole nitrogens is 1. The molecule has 4 heteroatoms. The zero-order valence-corrected chi connectivity index (χ0v) is 15.6. The molecule has 0 radical (unpaired) electrons. The first kappa shape index (κ1) is 17.6. The number of rotatable bonds is 5. The van der Waals surface area contributed by atoms with Crippen molar-refractivity contribution in [3.8, 4) is 6.07 Å². The number of pyridine rings is 1. The van der Waals surface area contributed by atoms with Gasteiger partial charge in [0.25, 0.3) is 0 Å². The molecule has 0 atom stereocenters. The van der Waals surface area contributed by atoms with E-state index in [2.05, 4.69) is 52.6 Å². The van der Waals surface area contributed by atoms with Gasteiger partial charge in [-0.15, -0.1) is 0 Å². The number of nitrogens with zero attached hydrogens (tertiary/aromatic N) is 2. The van der Waals surface area contributed by atoms with Crippen molar-refractivity contribution in [1.82, 2.24) is 9.97 Å². The summed E-state index contributed by atoms with van der Waals surface area (Å²) in [5, 5.41) is 14.2. The van der Waals surface area contributed by atoms with Crippen LogP contribution < -0.4 is 5.32 Å². The Hall–Kier alpha value is -3.84. The highest BCUT2D eigenvalue weighted by atomic mass is 14.9. The Balaban J connectivity index is 1.67. The van der Waals surface area contributed by atoms with Gasteiger partial charge in [0.2, 0.25) is 0 Å². The smallest absolute Gasteiger partial charge is 0.103 e. The highest BCUT2D eigenvalue weighted by Gasteiger charge is 2.11. The van der Waals surface area contributed by atoms with Crippen LogP contribution >= 0.6 is 0 Å².